The number of nitrogens with zero attached hydrogens (tertiary/aromatic N) is 2. The minimum atomic E-state index is -0.348. The van der Waals surface area contributed by atoms with Crippen molar-refractivity contribution in [2.45, 2.75) is 39.7 Å². The normalized spacial score (nSPS) is 16.2. The lowest BCUT2D eigenvalue weighted by Gasteiger charge is -2.29. The average Bonchev–Trinajstić information content (AvgIpc) is 2.84. The largest absolute Gasteiger partial charge is 0.366 e. The first-order valence-corrected chi connectivity index (χ1v) is 9.29. The number of aromatic nitrogens is 1. The van der Waals surface area contributed by atoms with E-state index in [1.165, 1.54) is 4.88 Å². The third kappa shape index (κ3) is 3.50. The molecule has 1 amide bonds. The number of rotatable bonds is 4. The molecule has 2 heterocycles. The third-order valence-electron chi connectivity index (χ3n) is 4.45. The molecule has 0 aliphatic heterocycles. The van der Waals surface area contributed by atoms with Crippen LogP contribution in [0.4, 0.5) is 0 Å². The van der Waals surface area contributed by atoms with E-state index >= 15 is 0 Å². The highest BCUT2D eigenvalue weighted by Crippen LogP contribution is 2.44. The second-order valence-electron chi connectivity index (χ2n) is 7.24. The molecule has 0 saturated heterocycles. The van der Waals surface area contributed by atoms with Gasteiger partial charge in [0.15, 0.2) is 0 Å². The molecule has 1 aliphatic rings. The van der Waals surface area contributed by atoms with E-state index in [1.807, 2.05) is 25.2 Å². The van der Waals surface area contributed by atoms with E-state index in [0.29, 0.717) is 12.1 Å². The van der Waals surface area contributed by atoms with Crippen LogP contribution in [0.3, 0.4) is 0 Å². The van der Waals surface area contributed by atoms with Gasteiger partial charge < -0.3 is 5.73 Å². The van der Waals surface area contributed by atoms with Crippen LogP contribution in [0.15, 0.2) is 18.2 Å². The number of hydrogen-bond donors (Lipinski definition) is 2. The Bertz CT molecular complexity index is 781. The molecule has 128 valence electrons. The zero-order chi connectivity index (χ0) is 17.5. The first-order chi connectivity index (χ1) is 11.3. The fraction of sp³-hybridized carbons (Fsp3) is 0.444. The minimum absolute atomic E-state index is 0.208. The van der Waals surface area contributed by atoms with Crippen molar-refractivity contribution in [1.82, 2.24) is 9.29 Å². The van der Waals surface area contributed by atoms with Crippen molar-refractivity contribution in [2.75, 3.05) is 7.05 Å². The number of carbonyl (C=O) groups is 1. The van der Waals surface area contributed by atoms with Gasteiger partial charge in [-0.1, -0.05) is 32.7 Å². The third-order valence-corrected chi connectivity index (χ3v) is 5.91. The van der Waals surface area contributed by atoms with Crippen LogP contribution in [-0.4, -0.2) is 22.2 Å². The molecule has 0 atom stereocenters. The van der Waals surface area contributed by atoms with Gasteiger partial charge in [0.2, 0.25) is 0 Å². The summed E-state index contributed by atoms with van der Waals surface area (Å²) in [6.45, 7) is 5.14. The number of thiol groups is 1. The topological polar surface area (TPSA) is 59.2 Å². The summed E-state index contributed by atoms with van der Waals surface area (Å²) in [7, 11) is 1.89. The lowest BCUT2D eigenvalue weighted by atomic mass is 9.76. The van der Waals surface area contributed by atoms with Crippen LogP contribution in [0.2, 0.25) is 0 Å². The van der Waals surface area contributed by atoms with Crippen LogP contribution >= 0.6 is 24.2 Å². The smallest absolute Gasteiger partial charge is 0.250 e. The SMILES string of the molecule is CN(S)Cc1cccc(-c2sc3c(c2C(N)=O)CC(C)(C)CC3)n1. The number of amides is 1. The van der Waals surface area contributed by atoms with Crippen molar-refractivity contribution in [3.63, 3.8) is 0 Å². The Labute approximate surface area is 152 Å². The minimum Gasteiger partial charge on any atom is -0.366 e. The fourth-order valence-electron chi connectivity index (χ4n) is 3.29. The number of hydrogen-bond acceptors (Lipinski definition) is 5. The second-order valence-corrected chi connectivity index (χ2v) is 9.03. The number of nitrogens with two attached hydrogens (primary N) is 1. The van der Waals surface area contributed by atoms with Crippen LogP contribution in [0, 0.1) is 5.41 Å². The van der Waals surface area contributed by atoms with E-state index in [0.717, 1.165) is 41.1 Å². The predicted molar refractivity (Wildman–Crippen MR) is 102 cm³/mol. The molecular weight excluding hydrogens is 338 g/mol. The van der Waals surface area contributed by atoms with Crippen LogP contribution in [0.25, 0.3) is 10.6 Å². The van der Waals surface area contributed by atoms with E-state index in [1.54, 1.807) is 15.6 Å². The van der Waals surface area contributed by atoms with Gasteiger partial charge in [0.1, 0.15) is 0 Å². The molecule has 2 aromatic heterocycles. The highest BCUT2D eigenvalue weighted by Gasteiger charge is 2.32. The van der Waals surface area contributed by atoms with Gasteiger partial charge in [-0.15, -0.1) is 11.3 Å². The highest BCUT2D eigenvalue weighted by atomic mass is 32.1. The van der Waals surface area contributed by atoms with Gasteiger partial charge >= 0.3 is 0 Å². The summed E-state index contributed by atoms with van der Waals surface area (Å²) >= 11 is 5.96. The van der Waals surface area contributed by atoms with Crippen molar-refractivity contribution in [2.24, 2.45) is 11.1 Å². The lowest BCUT2D eigenvalue weighted by molar-refractivity contribution is 0.0999. The van der Waals surface area contributed by atoms with Crippen LogP contribution in [0.5, 0.6) is 0 Å². The quantitative estimate of drug-likeness (QED) is 0.816. The van der Waals surface area contributed by atoms with E-state index in [4.69, 9.17) is 10.7 Å². The first kappa shape index (κ1) is 17.5. The van der Waals surface area contributed by atoms with Crippen molar-refractivity contribution in [1.29, 1.82) is 0 Å². The number of pyridine rings is 1. The Morgan fingerprint density at radius 2 is 2.21 bits per heavy atom. The summed E-state index contributed by atoms with van der Waals surface area (Å²) in [6.07, 6.45) is 3.04. The standard InChI is InChI=1S/C18H23N3OS2/c1-18(2)8-7-14-12(9-18)15(17(19)22)16(24-14)13-6-4-5-11(20-13)10-21(3)23/h4-6,23H,7-10H2,1-3H3,(H2,19,22). The van der Waals surface area contributed by atoms with E-state index < -0.39 is 0 Å². The Morgan fingerprint density at radius 1 is 1.46 bits per heavy atom. The van der Waals surface area contributed by atoms with Gasteiger partial charge in [0.05, 0.1) is 28.4 Å². The molecule has 0 unspecified atom stereocenters. The summed E-state index contributed by atoms with van der Waals surface area (Å²) in [5.41, 5.74) is 9.52. The van der Waals surface area contributed by atoms with Gasteiger partial charge in [0, 0.05) is 4.88 Å². The Hall–Kier alpha value is -1.37. The Morgan fingerprint density at radius 3 is 2.88 bits per heavy atom. The van der Waals surface area contributed by atoms with Crippen molar-refractivity contribution in [3.8, 4) is 10.6 Å². The number of fused-ring (bicyclic) bond motifs is 1. The summed E-state index contributed by atoms with van der Waals surface area (Å²) < 4.78 is 1.78. The van der Waals surface area contributed by atoms with Gasteiger partial charge in [-0.2, -0.15) is 0 Å². The lowest BCUT2D eigenvalue weighted by Crippen LogP contribution is -2.24. The van der Waals surface area contributed by atoms with Crippen molar-refractivity contribution in [3.05, 3.63) is 39.9 Å². The van der Waals surface area contributed by atoms with Gasteiger partial charge in [-0.05, 0) is 49.4 Å². The maximum absolute atomic E-state index is 12.2. The molecule has 4 nitrogen and oxygen atoms in total. The average molecular weight is 362 g/mol. The van der Waals surface area contributed by atoms with Crippen LogP contribution in [-0.2, 0) is 19.4 Å². The Balaban J connectivity index is 2.09. The maximum atomic E-state index is 12.2. The Kier molecular flexibility index (Phi) is 4.73. The maximum Gasteiger partial charge on any atom is 0.250 e. The zero-order valence-electron chi connectivity index (χ0n) is 14.3. The monoisotopic (exact) mass is 361 g/mol. The van der Waals surface area contributed by atoms with E-state index in [2.05, 4.69) is 26.7 Å². The molecule has 0 bridgehead atoms. The van der Waals surface area contributed by atoms with Crippen molar-refractivity contribution >= 4 is 30.1 Å². The number of thiophene rings is 1. The molecule has 0 spiro atoms. The molecule has 0 fully saturated rings. The molecule has 0 radical (unpaired) electrons. The predicted octanol–water partition coefficient (Wildman–Crippen LogP) is 3.70. The summed E-state index contributed by atoms with van der Waals surface area (Å²) in [5, 5.41) is 0. The molecule has 24 heavy (non-hydrogen) atoms. The molecule has 2 N–H and O–H groups in total. The van der Waals surface area contributed by atoms with Gasteiger partial charge in [0.25, 0.3) is 5.91 Å². The molecular formula is C18H23N3OS2. The number of carbonyl (C=O) groups excluding carboxylic acids is 1. The second kappa shape index (κ2) is 6.50. The number of aryl methyl sites for hydroxylation is 1. The molecule has 3 rings (SSSR count). The molecule has 0 saturated carbocycles. The molecule has 0 aromatic carbocycles. The van der Waals surface area contributed by atoms with E-state index in [-0.39, 0.29) is 11.3 Å². The summed E-state index contributed by atoms with van der Waals surface area (Å²) in [5.74, 6) is -0.348. The molecule has 6 heteroatoms. The highest BCUT2D eigenvalue weighted by molar-refractivity contribution is 7.77. The first-order valence-electron chi connectivity index (χ1n) is 8.07. The zero-order valence-corrected chi connectivity index (χ0v) is 16.0. The van der Waals surface area contributed by atoms with E-state index in [9.17, 15) is 4.79 Å². The fourth-order valence-corrected chi connectivity index (χ4v) is 4.73. The van der Waals surface area contributed by atoms with Crippen LogP contribution < -0.4 is 5.73 Å². The molecule has 2 aromatic rings. The summed E-state index contributed by atoms with van der Waals surface area (Å²) in [6, 6.07) is 5.90. The van der Waals surface area contributed by atoms with Crippen molar-refractivity contribution < 1.29 is 4.79 Å². The molecule has 1 aliphatic carbocycles. The van der Waals surface area contributed by atoms with Gasteiger partial charge in [-0.3, -0.25) is 14.1 Å². The summed E-state index contributed by atoms with van der Waals surface area (Å²) in [4.78, 5) is 19.1. The van der Waals surface area contributed by atoms with Crippen LogP contribution in [0.1, 0.15) is 46.8 Å². The number of primary amides is 1. The van der Waals surface area contributed by atoms with Gasteiger partial charge in [-0.25, -0.2) is 0 Å².